The number of pyridine rings is 1. The van der Waals surface area contributed by atoms with Crippen LogP contribution in [0.25, 0.3) is 0 Å². The van der Waals surface area contributed by atoms with E-state index in [1.807, 2.05) is 62.6 Å². The lowest BCUT2D eigenvalue weighted by Gasteiger charge is -2.24. The maximum Gasteiger partial charge on any atom is 0.239 e. The normalized spacial score (nSPS) is 13.9. The Morgan fingerprint density at radius 2 is 2.00 bits per heavy atom. The number of halogens is 1. The van der Waals surface area contributed by atoms with Crippen molar-refractivity contribution in [3.8, 4) is 6.07 Å². The van der Waals surface area contributed by atoms with Crippen LogP contribution in [-0.2, 0) is 4.79 Å². The monoisotopic (exact) mass is 504 g/mol. The van der Waals surface area contributed by atoms with Crippen LogP contribution in [-0.4, -0.2) is 53.9 Å². The Balaban J connectivity index is 2.22. The van der Waals surface area contributed by atoms with E-state index in [0.29, 0.717) is 16.7 Å². The predicted molar refractivity (Wildman–Crippen MR) is 128 cm³/mol. The van der Waals surface area contributed by atoms with Crippen molar-refractivity contribution in [1.82, 2.24) is 15.2 Å². The number of nitrogens with one attached hydrogen (secondary N) is 1. The van der Waals surface area contributed by atoms with Gasteiger partial charge in [-0.15, -0.1) is 0 Å². The van der Waals surface area contributed by atoms with Gasteiger partial charge < -0.3 is 15.3 Å². The first kappa shape index (κ1) is 25.3. The van der Waals surface area contributed by atoms with Crippen LogP contribution in [0.2, 0.25) is 0 Å². The molecule has 8 heteroatoms. The number of hydrogen-bond acceptors (Lipinski definition) is 6. The topological polar surface area (TPSA) is 89.2 Å². The number of amides is 1. The molecular formula is C23H29BrN4O2S. The number of benzene rings is 1. The van der Waals surface area contributed by atoms with Gasteiger partial charge in [0.2, 0.25) is 5.91 Å². The number of nitrogens with zero attached hydrogens (tertiary/aromatic N) is 3. The van der Waals surface area contributed by atoms with Gasteiger partial charge in [0.25, 0.3) is 0 Å². The number of carbonyl (C=O) groups excluding carboxylic acids is 1. The molecule has 0 aliphatic carbocycles. The van der Waals surface area contributed by atoms with E-state index in [4.69, 9.17) is 0 Å². The zero-order valence-electron chi connectivity index (χ0n) is 17.9. The fourth-order valence-electron chi connectivity index (χ4n) is 3.19. The van der Waals surface area contributed by atoms with Crippen molar-refractivity contribution in [2.75, 3.05) is 33.0 Å². The molecule has 0 radical (unpaired) electrons. The van der Waals surface area contributed by atoms with E-state index in [1.165, 1.54) is 0 Å². The van der Waals surface area contributed by atoms with Crippen molar-refractivity contribution in [2.45, 2.75) is 24.1 Å². The quantitative estimate of drug-likeness (QED) is 0.336. The Morgan fingerprint density at radius 1 is 1.26 bits per heavy atom. The van der Waals surface area contributed by atoms with Crippen LogP contribution in [0.1, 0.15) is 35.4 Å². The van der Waals surface area contributed by atoms with E-state index in [0.717, 1.165) is 24.3 Å². The Morgan fingerprint density at radius 3 is 2.61 bits per heavy atom. The highest BCUT2D eigenvalue weighted by Gasteiger charge is 2.32. The van der Waals surface area contributed by atoms with Crippen molar-refractivity contribution in [1.29, 1.82) is 5.26 Å². The third kappa shape index (κ3) is 8.26. The second kappa shape index (κ2) is 13.5. The highest BCUT2D eigenvalue weighted by molar-refractivity contribution is 9.10. The van der Waals surface area contributed by atoms with Gasteiger partial charge in [-0.3, -0.25) is 4.79 Å². The molecular weight excluding hydrogens is 476 g/mol. The van der Waals surface area contributed by atoms with Crippen molar-refractivity contribution in [3.63, 3.8) is 0 Å². The molecule has 1 aromatic heterocycles. The zero-order valence-corrected chi connectivity index (χ0v) is 20.3. The van der Waals surface area contributed by atoms with Gasteiger partial charge in [-0.25, -0.2) is 4.98 Å². The van der Waals surface area contributed by atoms with Gasteiger partial charge in [-0.2, -0.15) is 17.0 Å². The Kier molecular flexibility index (Phi) is 11.0. The van der Waals surface area contributed by atoms with Crippen molar-refractivity contribution < 1.29 is 9.90 Å². The summed E-state index contributed by atoms with van der Waals surface area (Å²) in [6.07, 6.45) is 1.32. The summed E-state index contributed by atoms with van der Waals surface area (Å²) in [7, 11) is 4.04. The van der Waals surface area contributed by atoms with Crippen LogP contribution in [0.4, 0.5) is 0 Å². The number of aliphatic hydroxyl groups excluding tert-OH is 1. The summed E-state index contributed by atoms with van der Waals surface area (Å²) < 4.78 is 0.670. The van der Waals surface area contributed by atoms with Gasteiger partial charge in [-0.1, -0.05) is 36.4 Å². The first-order chi connectivity index (χ1) is 15.0. The molecule has 3 unspecified atom stereocenters. The summed E-state index contributed by atoms with van der Waals surface area (Å²) in [6, 6.07) is 16.9. The second-order valence-corrected chi connectivity index (χ2v) is 9.49. The molecule has 0 spiro atoms. The van der Waals surface area contributed by atoms with Gasteiger partial charge >= 0.3 is 0 Å². The van der Waals surface area contributed by atoms with E-state index in [-0.39, 0.29) is 18.6 Å². The first-order valence-corrected chi connectivity index (χ1v) is 12.0. The molecule has 2 N–H and O–H groups in total. The minimum Gasteiger partial charge on any atom is -0.396 e. The van der Waals surface area contributed by atoms with Crippen LogP contribution in [0.3, 0.4) is 0 Å². The lowest BCUT2D eigenvalue weighted by Crippen LogP contribution is -2.36. The van der Waals surface area contributed by atoms with Crippen LogP contribution in [0.5, 0.6) is 0 Å². The van der Waals surface area contributed by atoms with Gasteiger partial charge in [0.1, 0.15) is 10.5 Å². The standard InChI is InChI=1S/C23H29BrN4O2S/c1-28(2)13-7-15-31-22(20-10-6-11-21(24)26-20)18(16-25)23(30)27-19(12-14-29)17-8-4-3-5-9-17/h3-6,8-11,18-19,22,29H,7,12-15H2,1-2H3,(H,27,30). The summed E-state index contributed by atoms with van der Waals surface area (Å²) in [5, 5.41) is 22.0. The van der Waals surface area contributed by atoms with E-state index < -0.39 is 11.2 Å². The molecule has 0 saturated heterocycles. The molecule has 31 heavy (non-hydrogen) atoms. The van der Waals surface area contributed by atoms with Crippen LogP contribution in [0.15, 0.2) is 53.1 Å². The number of thioether (sulfide) groups is 1. The molecule has 0 bridgehead atoms. The van der Waals surface area contributed by atoms with Crippen molar-refractivity contribution >= 4 is 33.6 Å². The summed E-state index contributed by atoms with van der Waals surface area (Å²) in [5.74, 6) is -0.450. The molecule has 0 fully saturated rings. The molecule has 3 atom stereocenters. The summed E-state index contributed by atoms with van der Waals surface area (Å²) in [4.78, 5) is 19.8. The fourth-order valence-corrected chi connectivity index (χ4v) is 4.77. The molecule has 1 amide bonds. The third-order valence-corrected chi connectivity index (χ3v) is 6.57. The predicted octanol–water partition coefficient (Wildman–Crippen LogP) is 3.95. The molecule has 0 aliphatic rings. The third-order valence-electron chi connectivity index (χ3n) is 4.74. The average molecular weight is 505 g/mol. The number of rotatable bonds is 12. The van der Waals surface area contributed by atoms with E-state index in [9.17, 15) is 15.2 Å². The number of aromatic nitrogens is 1. The molecule has 2 rings (SSSR count). The molecule has 1 aromatic carbocycles. The van der Waals surface area contributed by atoms with Crippen LogP contribution in [0, 0.1) is 17.2 Å². The molecule has 166 valence electrons. The number of hydrogen-bond donors (Lipinski definition) is 2. The number of aliphatic hydroxyl groups is 1. The molecule has 1 heterocycles. The average Bonchev–Trinajstić information content (AvgIpc) is 2.76. The smallest absolute Gasteiger partial charge is 0.239 e. The van der Waals surface area contributed by atoms with Gasteiger partial charge in [0, 0.05) is 6.61 Å². The van der Waals surface area contributed by atoms with Gasteiger partial charge in [0.05, 0.1) is 23.1 Å². The summed E-state index contributed by atoms with van der Waals surface area (Å²) >= 11 is 4.97. The lowest BCUT2D eigenvalue weighted by molar-refractivity contribution is -0.124. The van der Waals surface area contributed by atoms with E-state index in [1.54, 1.807) is 11.8 Å². The maximum atomic E-state index is 13.2. The largest absolute Gasteiger partial charge is 0.396 e. The number of carbonyl (C=O) groups is 1. The second-order valence-electron chi connectivity index (χ2n) is 7.42. The summed E-state index contributed by atoms with van der Waals surface area (Å²) in [6.45, 7) is 0.870. The van der Waals surface area contributed by atoms with Crippen molar-refractivity contribution in [2.24, 2.45) is 5.92 Å². The van der Waals surface area contributed by atoms with Gasteiger partial charge in [-0.05, 0) is 72.9 Å². The Bertz CT molecular complexity index is 860. The van der Waals surface area contributed by atoms with E-state index >= 15 is 0 Å². The summed E-state index contributed by atoms with van der Waals surface area (Å²) in [5.41, 5.74) is 1.60. The zero-order chi connectivity index (χ0) is 22.6. The Hall–Kier alpha value is -1.92. The van der Waals surface area contributed by atoms with Crippen LogP contribution >= 0.6 is 27.7 Å². The molecule has 2 aromatic rings. The highest BCUT2D eigenvalue weighted by atomic mass is 79.9. The highest BCUT2D eigenvalue weighted by Crippen LogP contribution is 2.36. The Labute approximate surface area is 197 Å². The van der Waals surface area contributed by atoms with E-state index in [2.05, 4.69) is 37.2 Å². The minimum atomic E-state index is -0.906. The molecule has 0 aliphatic heterocycles. The molecule has 6 nitrogen and oxygen atoms in total. The fraction of sp³-hybridized carbons (Fsp3) is 0.435. The molecule has 0 saturated carbocycles. The van der Waals surface area contributed by atoms with Gasteiger partial charge in [0.15, 0.2) is 0 Å². The lowest BCUT2D eigenvalue weighted by atomic mass is 9.99. The minimum absolute atomic E-state index is 0.0625. The maximum absolute atomic E-state index is 13.2. The van der Waals surface area contributed by atoms with Crippen molar-refractivity contribution in [3.05, 3.63) is 64.4 Å². The first-order valence-electron chi connectivity index (χ1n) is 10.2. The van der Waals surface area contributed by atoms with Crippen LogP contribution < -0.4 is 5.32 Å². The number of nitriles is 1. The SMILES string of the molecule is CN(C)CCCSC(c1cccc(Br)n1)C(C#N)C(=O)NC(CCO)c1ccccc1.